The first-order valence-electron chi connectivity index (χ1n) is 4.09. The lowest BCUT2D eigenvalue weighted by Crippen LogP contribution is -2.24. The van der Waals surface area contributed by atoms with Crippen LogP contribution in [0.3, 0.4) is 0 Å². The molecule has 5 heteroatoms. The van der Waals surface area contributed by atoms with Gasteiger partial charge in [-0.3, -0.25) is 0 Å². The molecule has 0 bridgehead atoms. The minimum absolute atomic E-state index is 0.281. The van der Waals surface area contributed by atoms with E-state index in [-0.39, 0.29) is 6.03 Å². The molecule has 0 fully saturated rings. The van der Waals surface area contributed by atoms with Crippen molar-refractivity contribution in [3.05, 3.63) is 18.2 Å². The van der Waals surface area contributed by atoms with Crippen molar-refractivity contribution in [2.24, 2.45) is 0 Å². The predicted octanol–water partition coefficient (Wildman–Crippen LogP) is 1.03. The highest BCUT2D eigenvalue weighted by Crippen LogP contribution is 2.24. The second-order valence-electron chi connectivity index (χ2n) is 2.66. The van der Waals surface area contributed by atoms with Crippen LogP contribution in [-0.2, 0) is 0 Å². The molecule has 0 unspecified atom stereocenters. The zero-order valence-corrected chi connectivity index (χ0v) is 8.13. The Morgan fingerprint density at radius 1 is 1.50 bits per heavy atom. The van der Waals surface area contributed by atoms with Crippen molar-refractivity contribution in [3.8, 4) is 5.75 Å². The summed E-state index contributed by atoms with van der Waals surface area (Å²) in [6, 6.07) is 4.75. The van der Waals surface area contributed by atoms with Crippen molar-refractivity contribution in [1.29, 1.82) is 0 Å². The Morgan fingerprint density at radius 2 is 2.21 bits per heavy atom. The molecule has 0 aliphatic rings. The SMILES string of the molecule is CNC(=O)Nc1ccc(N)c(OC)c1. The van der Waals surface area contributed by atoms with Crippen LogP contribution in [-0.4, -0.2) is 20.2 Å². The molecule has 1 aromatic rings. The Kier molecular flexibility index (Phi) is 3.17. The maximum absolute atomic E-state index is 11.0. The summed E-state index contributed by atoms with van der Waals surface area (Å²) in [6.45, 7) is 0. The Morgan fingerprint density at radius 3 is 2.79 bits per heavy atom. The van der Waals surface area contributed by atoms with Crippen molar-refractivity contribution in [3.63, 3.8) is 0 Å². The quantitative estimate of drug-likeness (QED) is 0.617. The van der Waals surface area contributed by atoms with E-state index in [4.69, 9.17) is 10.5 Å². The van der Waals surface area contributed by atoms with Gasteiger partial charge in [-0.15, -0.1) is 0 Å². The molecule has 14 heavy (non-hydrogen) atoms. The number of hydrogen-bond acceptors (Lipinski definition) is 3. The number of carbonyl (C=O) groups is 1. The minimum atomic E-state index is -0.281. The van der Waals surface area contributed by atoms with Gasteiger partial charge < -0.3 is 21.1 Å². The highest BCUT2D eigenvalue weighted by molar-refractivity contribution is 5.89. The van der Waals surface area contributed by atoms with Crippen LogP contribution in [0.2, 0.25) is 0 Å². The monoisotopic (exact) mass is 195 g/mol. The van der Waals surface area contributed by atoms with Gasteiger partial charge in [0.25, 0.3) is 0 Å². The molecule has 0 spiro atoms. The van der Waals surface area contributed by atoms with E-state index in [2.05, 4.69) is 10.6 Å². The standard InChI is InChI=1S/C9H13N3O2/c1-11-9(13)12-6-3-4-7(10)8(5-6)14-2/h3-5H,10H2,1-2H3,(H2,11,12,13). The van der Waals surface area contributed by atoms with Gasteiger partial charge in [-0.05, 0) is 12.1 Å². The fraction of sp³-hybridized carbons (Fsp3) is 0.222. The topological polar surface area (TPSA) is 76.4 Å². The number of rotatable bonds is 2. The van der Waals surface area contributed by atoms with E-state index in [1.54, 1.807) is 25.2 Å². The number of amides is 2. The predicted molar refractivity (Wildman–Crippen MR) is 55.5 cm³/mol. The Labute approximate surface area is 82.2 Å². The minimum Gasteiger partial charge on any atom is -0.495 e. The molecule has 0 aliphatic heterocycles. The number of methoxy groups -OCH3 is 1. The summed E-state index contributed by atoms with van der Waals surface area (Å²) in [6.07, 6.45) is 0. The molecule has 5 nitrogen and oxygen atoms in total. The van der Waals surface area contributed by atoms with Gasteiger partial charge in [0.2, 0.25) is 0 Å². The number of ether oxygens (including phenoxy) is 1. The molecule has 0 atom stereocenters. The second kappa shape index (κ2) is 4.36. The summed E-state index contributed by atoms with van der Waals surface area (Å²) in [5, 5.41) is 5.05. The molecule has 76 valence electrons. The van der Waals surface area contributed by atoms with E-state index in [0.717, 1.165) is 0 Å². The number of nitrogen functional groups attached to an aromatic ring is 1. The van der Waals surface area contributed by atoms with Crippen LogP contribution in [0.15, 0.2) is 18.2 Å². The molecular weight excluding hydrogens is 182 g/mol. The van der Waals surface area contributed by atoms with Crippen LogP contribution in [0.5, 0.6) is 5.75 Å². The third-order valence-corrected chi connectivity index (χ3v) is 1.72. The Hall–Kier alpha value is -1.91. The maximum Gasteiger partial charge on any atom is 0.318 e. The summed E-state index contributed by atoms with van der Waals surface area (Å²) in [5.74, 6) is 0.541. The lowest BCUT2D eigenvalue weighted by Gasteiger charge is -2.08. The fourth-order valence-electron chi connectivity index (χ4n) is 0.982. The van der Waals surface area contributed by atoms with Gasteiger partial charge in [0.15, 0.2) is 0 Å². The van der Waals surface area contributed by atoms with Crippen LogP contribution >= 0.6 is 0 Å². The summed E-state index contributed by atoms with van der Waals surface area (Å²) in [5.41, 5.74) is 6.78. The first-order chi connectivity index (χ1) is 6.67. The zero-order valence-electron chi connectivity index (χ0n) is 8.13. The zero-order chi connectivity index (χ0) is 10.6. The highest BCUT2D eigenvalue weighted by Gasteiger charge is 2.02. The molecule has 2 amide bonds. The number of nitrogens with one attached hydrogen (secondary N) is 2. The molecule has 0 aliphatic carbocycles. The number of hydrogen-bond donors (Lipinski definition) is 3. The second-order valence-corrected chi connectivity index (χ2v) is 2.66. The Bertz CT molecular complexity index is 339. The molecule has 0 saturated carbocycles. The molecule has 0 heterocycles. The summed E-state index contributed by atoms with van der Waals surface area (Å²) in [4.78, 5) is 11.0. The van der Waals surface area contributed by atoms with Crippen LogP contribution in [0, 0.1) is 0 Å². The lowest BCUT2D eigenvalue weighted by atomic mass is 10.2. The van der Waals surface area contributed by atoms with Gasteiger partial charge in [-0.25, -0.2) is 4.79 Å². The summed E-state index contributed by atoms with van der Waals surface area (Å²) in [7, 11) is 3.07. The van der Waals surface area contributed by atoms with E-state index in [9.17, 15) is 4.79 Å². The molecule has 0 saturated heterocycles. The van der Waals surface area contributed by atoms with Crippen molar-refractivity contribution >= 4 is 17.4 Å². The third kappa shape index (κ3) is 2.29. The third-order valence-electron chi connectivity index (χ3n) is 1.72. The van der Waals surface area contributed by atoms with Gasteiger partial charge in [-0.1, -0.05) is 0 Å². The molecule has 1 rings (SSSR count). The van der Waals surface area contributed by atoms with Gasteiger partial charge in [0.1, 0.15) is 5.75 Å². The lowest BCUT2D eigenvalue weighted by molar-refractivity contribution is 0.254. The number of carbonyl (C=O) groups excluding carboxylic acids is 1. The number of urea groups is 1. The average molecular weight is 195 g/mol. The van der Waals surface area contributed by atoms with Crippen molar-refractivity contribution in [2.75, 3.05) is 25.2 Å². The number of anilines is 2. The largest absolute Gasteiger partial charge is 0.495 e. The van der Waals surface area contributed by atoms with Crippen LogP contribution < -0.4 is 21.1 Å². The molecule has 4 N–H and O–H groups in total. The first kappa shape index (κ1) is 10.2. The molecular formula is C9H13N3O2. The summed E-state index contributed by atoms with van der Waals surface area (Å²) >= 11 is 0. The summed E-state index contributed by atoms with van der Waals surface area (Å²) < 4.78 is 5.00. The van der Waals surface area contributed by atoms with Crippen molar-refractivity contribution < 1.29 is 9.53 Å². The van der Waals surface area contributed by atoms with Crippen molar-refractivity contribution in [2.45, 2.75) is 0 Å². The number of benzene rings is 1. The van der Waals surface area contributed by atoms with Gasteiger partial charge >= 0.3 is 6.03 Å². The molecule has 1 aromatic carbocycles. The smallest absolute Gasteiger partial charge is 0.318 e. The van der Waals surface area contributed by atoms with Gasteiger partial charge in [-0.2, -0.15) is 0 Å². The van der Waals surface area contributed by atoms with E-state index in [1.807, 2.05) is 0 Å². The molecule has 0 aromatic heterocycles. The normalized spacial score (nSPS) is 9.29. The molecule has 0 radical (unpaired) electrons. The van der Waals surface area contributed by atoms with Crippen LogP contribution in [0.25, 0.3) is 0 Å². The van der Waals surface area contributed by atoms with Gasteiger partial charge in [0, 0.05) is 18.8 Å². The van der Waals surface area contributed by atoms with E-state index >= 15 is 0 Å². The Balaban J connectivity index is 2.84. The average Bonchev–Trinajstić information content (AvgIpc) is 2.20. The van der Waals surface area contributed by atoms with Crippen LogP contribution in [0.4, 0.5) is 16.2 Å². The van der Waals surface area contributed by atoms with E-state index in [1.165, 1.54) is 7.11 Å². The van der Waals surface area contributed by atoms with Crippen molar-refractivity contribution in [1.82, 2.24) is 5.32 Å². The van der Waals surface area contributed by atoms with E-state index in [0.29, 0.717) is 17.1 Å². The maximum atomic E-state index is 11.0. The number of nitrogens with two attached hydrogens (primary N) is 1. The first-order valence-corrected chi connectivity index (χ1v) is 4.09. The fourth-order valence-corrected chi connectivity index (χ4v) is 0.982. The van der Waals surface area contributed by atoms with Crippen LogP contribution in [0.1, 0.15) is 0 Å². The van der Waals surface area contributed by atoms with Gasteiger partial charge in [0.05, 0.1) is 12.8 Å². The highest BCUT2D eigenvalue weighted by atomic mass is 16.5. The van der Waals surface area contributed by atoms with E-state index < -0.39 is 0 Å².